The number of methoxy groups -OCH3 is 1. The normalized spacial score (nSPS) is 12.6. The van der Waals surface area contributed by atoms with E-state index in [9.17, 15) is 0 Å². The molecule has 0 spiro atoms. The molecule has 1 atom stereocenters. The van der Waals surface area contributed by atoms with E-state index in [4.69, 9.17) is 4.74 Å². The minimum Gasteiger partial charge on any atom is -0.493 e. The third-order valence-electron chi connectivity index (χ3n) is 2.90. The topological polar surface area (TPSA) is 64.9 Å². The van der Waals surface area contributed by atoms with E-state index in [1.54, 1.807) is 19.5 Å². The lowest BCUT2D eigenvalue weighted by Gasteiger charge is -2.18. The number of hydrogen-bond donors (Lipinski definition) is 1. The molecule has 1 N–H and O–H groups in total. The van der Waals surface area contributed by atoms with Crippen molar-refractivity contribution in [3.05, 3.63) is 23.0 Å². The van der Waals surface area contributed by atoms with Gasteiger partial charge in [0.05, 0.1) is 30.4 Å². The van der Waals surface area contributed by atoms with Gasteiger partial charge < -0.3 is 10.1 Å². The highest BCUT2D eigenvalue weighted by Gasteiger charge is 2.24. The van der Waals surface area contributed by atoms with Crippen LogP contribution < -0.4 is 10.1 Å². The van der Waals surface area contributed by atoms with Crippen LogP contribution in [0.1, 0.15) is 36.9 Å². The predicted molar refractivity (Wildman–Crippen MR) is 74.5 cm³/mol. The van der Waals surface area contributed by atoms with Crippen LogP contribution in [0, 0.1) is 0 Å². The first-order chi connectivity index (χ1) is 9.31. The number of aryl methyl sites for hydroxylation is 1. The van der Waals surface area contributed by atoms with Crippen LogP contribution in [0.15, 0.2) is 12.4 Å². The quantitative estimate of drug-likeness (QED) is 0.839. The summed E-state index contributed by atoms with van der Waals surface area (Å²) >= 11 is 1.40. The Labute approximate surface area is 117 Å². The maximum absolute atomic E-state index is 5.43. The fourth-order valence-corrected chi connectivity index (χ4v) is 2.58. The molecule has 2 aromatic heterocycles. The van der Waals surface area contributed by atoms with Crippen LogP contribution >= 0.6 is 11.5 Å². The summed E-state index contributed by atoms with van der Waals surface area (Å²) in [6.45, 7) is 5.93. The van der Waals surface area contributed by atoms with E-state index in [0.717, 1.165) is 35.8 Å². The fourth-order valence-electron chi connectivity index (χ4n) is 2.00. The molecule has 6 nitrogen and oxygen atoms in total. The van der Waals surface area contributed by atoms with Crippen LogP contribution in [0.4, 0.5) is 0 Å². The molecule has 19 heavy (non-hydrogen) atoms. The van der Waals surface area contributed by atoms with Crippen LogP contribution in [0.25, 0.3) is 0 Å². The molecule has 0 radical (unpaired) electrons. The summed E-state index contributed by atoms with van der Waals surface area (Å²) in [5.74, 6) is 0.795. The first kappa shape index (κ1) is 14.0. The van der Waals surface area contributed by atoms with Gasteiger partial charge in [-0.1, -0.05) is 11.4 Å². The molecule has 2 heterocycles. The van der Waals surface area contributed by atoms with E-state index >= 15 is 0 Å². The molecule has 0 bridgehead atoms. The molecule has 1 unspecified atom stereocenters. The number of nitrogens with zero attached hydrogens (tertiary/aromatic N) is 4. The van der Waals surface area contributed by atoms with Gasteiger partial charge in [0.25, 0.3) is 0 Å². The van der Waals surface area contributed by atoms with Crippen molar-refractivity contribution in [3.8, 4) is 5.75 Å². The average molecular weight is 281 g/mol. The maximum atomic E-state index is 5.43. The predicted octanol–water partition coefficient (Wildman–Crippen LogP) is 1.85. The largest absolute Gasteiger partial charge is 0.493 e. The fraction of sp³-hybridized carbons (Fsp3) is 0.583. The zero-order chi connectivity index (χ0) is 13.7. The Morgan fingerprint density at radius 2 is 2.26 bits per heavy atom. The van der Waals surface area contributed by atoms with Crippen molar-refractivity contribution in [3.63, 3.8) is 0 Å². The van der Waals surface area contributed by atoms with Crippen molar-refractivity contribution in [2.45, 2.75) is 32.9 Å². The Bertz CT molecular complexity index is 475. The first-order valence-corrected chi connectivity index (χ1v) is 7.19. The molecule has 0 aromatic carbocycles. The molecular weight excluding hydrogens is 262 g/mol. The molecule has 104 valence electrons. The molecule has 0 aliphatic rings. The van der Waals surface area contributed by atoms with E-state index in [1.807, 2.05) is 4.68 Å². The van der Waals surface area contributed by atoms with E-state index < -0.39 is 0 Å². The Balaban J connectivity index is 2.39. The molecule has 0 aliphatic heterocycles. The highest BCUT2D eigenvalue weighted by atomic mass is 32.1. The Morgan fingerprint density at radius 3 is 2.84 bits per heavy atom. The van der Waals surface area contributed by atoms with Gasteiger partial charge in [0.15, 0.2) is 5.75 Å². The third-order valence-corrected chi connectivity index (χ3v) is 3.63. The summed E-state index contributed by atoms with van der Waals surface area (Å²) in [6, 6.07) is 0.0253. The zero-order valence-corrected chi connectivity index (χ0v) is 12.3. The van der Waals surface area contributed by atoms with Gasteiger partial charge in [-0.25, -0.2) is 0 Å². The summed E-state index contributed by atoms with van der Waals surface area (Å²) in [5.41, 5.74) is 1.03. The van der Waals surface area contributed by atoms with Gasteiger partial charge in [-0.05, 0) is 31.4 Å². The summed E-state index contributed by atoms with van der Waals surface area (Å²) in [4.78, 5) is 1.07. The molecular formula is C12H19N5OS. The highest BCUT2D eigenvalue weighted by molar-refractivity contribution is 7.05. The van der Waals surface area contributed by atoms with Gasteiger partial charge in [0.2, 0.25) is 0 Å². The highest BCUT2D eigenvalue weighted by Crippen LogP contribution is 2.31. The lowest BCUT2D eigenvalue weighted by Crippen LogP contribution is -2.25. The van der Waals surface area contributed by atoms with Crippen LogP contribution in [0.5, 0.6) is 5.75 Å². The summed E-state index contributed by atoms with van der Waals surface area (Å²) in [6.07, 6.45) is 4.61. The van der Waals surface area contributed by atoms with Gasteiger partial charge >= 0.3 is 0 Å². The van der Waals surface area contributed by atoms with Crippen molar-refractivity contribution < 1.29 is 4.74 Å². The Kier molecular flexibility index (Phi) is 4.86. The van der Waals surface area contributed by atoms with E-state index in [0.29, 0.717) is 0 Å². The van der Waals surface area contributed by atoms with Crippen molar-refractivity contribution in [2.24, 2.45) is 0 Å². The maximum Gasteiger partial charge on any atom is 0.161 e. The molecule has 0 saturated heterocycles. The van der Waals surface area contributed by atoms with Gasteiger partial charge in [0, 0.05) is 6.54 Å². The molecule has 2 aromatic rings. The average Bonchev–Trinajstić information content (AvgIpc) is 3.08. The first-order valence-electron chi connectivity index (χ1n) is 6.42. The van der Waals surface area contributed by atoms with Crippen LogP contribution in [0.3, 0.4) is 0 Å². The second kappa shape index (κ2) is 6.63. The minimum absolute atomic E-state index is 0.0253. The molecule has 2 rings (SSSR count). The monoisotopic (exact) mass is 281 g/mol. The van der Waals surface area contributed by atoms with Crippen LogP contribution in [-0.2, 0) is 6.54 Å². The van der Waals surface area contributed by atoms with Crippen molar-refractivity contribution in [1.29, 1.82) is 0 Å². The second-order valence-electron chi connectivity index (χ2n) is 4.12. The summed E-state index contributed by atoms with van der Waals surface area (Å²) < 4.78 is 11.3. The number of rotatable bonds is 7. The van der Waals surface area contributed by atoms with Crippen LogP contribution in [0.2, 0.25) is 0 Å². The van der Waals surface area contributed by atoms with Crippen molar-refractivity contribution in [2.75, 3.05) is 13.7 Å². The third kappa shape index (κ3) is 2.93. The van der Waals surface area contributed by atoms with E-state index in [1.165, 1.54) is 11.5 Å². The van der Waals surface area contributed by atoms with Crippen molar-refractivity contribution >= 4 is 11.5 Å². The second-order valence-corrected chi connectivity index (χ2v) is 4.94. The standard InChI is InChI=1S/C12H19N5OS/c1-4-6-13-11(10-8-14-16-19-10)12-9(18-3)7-15-17(12)5-2/h7-8,11,13H,4-6H2,1-3H3. The number of nitrogens with one attached hydrogen (secondary N) is 1. The lowest BCUT2D eigenvalue weighted by atomic mass is 10.1. The van der Waals surface area contributed by atoms with E-state index in [2.05, 4.69) is 33.8 Å². The smallest absolute Gasteiger partial charge is 0.161 e. The van der Waals surface area contributed by atoms with Crippen molar-refractivity contribution in [1.82, 2.24) is 24.7 Å². The molecule has 0 saturated carbocycles. The van der Waals surface area contributed by atoms with Gasteiger partial charge in [0.1, 0.15) is 5.69 Å². The van der Waals surface area contributed by atoms with Gasteiger partial charge in [-0.15, -0.1) is 5.10 Å². The molecule has 0 amide bonds. The number of hydrogen-bond acceptors (Lipinski definition) is 6. The molecule has 0 fully saturated rings. The summed E-state index contributed by atoms with van der Waals surface area (Å²) in [5, 5.41) is 11.8. The Morgan fingerprint density at radius 1 is 1.42 bits per heavy atom. The number of ether oxygens (including phenoxy) is 1. The summed E-state index contributed by atoms with van der Waals surface area (Å²) in [7, 11) is 1.67. The van der Waals surface area contributed by atoms with Crippen LogP contribution in [-0.4, -0.2) is 33.0 Å². The molecule has 7 heteroatoms. The Hall–Kier alpha value is -1.47. The van der Waals surface area contributed by atoms with Gasteiger partial charge in [-0.3, -0.25) is 4.68 Å². The minimum atomic E-state index is 0.0253. The SMILES string of the molecule is CCCNC(c1cnns1)c1c(OC)cnn1CC. The van der Waals surface area contributed by atoms with Gasteiger partial charge in [-0.2, -0.15) is 5.10 Å². The van der Waals surface area contributed by atoms with E-state index in [-0.39, 0.29) is 6.04 Å². The lowest BCUT2D eigenvalue weighted by molar-refractivity contribution is 0.399. The zero-order valence-electron chi connectivity index (χ0n) is 11.5. The number of aromatic nitrogens is 4. The molecule has 0 aliphatic carbocycles.